The Bertz CT molecular complexity index is 1300. The Balaban J connectivity index is 1.80. The van der Waals surface area contributed by atoms with E-state index in [1.807, 2.05) is 19.1 Å². The van der Waals surface area contributed by atoms with E-state index < -0.39 is 5.91 Å². The molecule has 0 saturated heterocycles. The van der Waals surface area contributed by atoms with Crippen LogP contribution < -0.4 is 5.32 Å². The number of aryl methyl sites for hydroxylation is 1. The molecule has 1 heterocycles. The molecule has 31 heavy (non-hydrogen) atoms. The second kappa shape index (κ2) is 8.89. The molecule has 4 rings (SSSR count). The predicted octanol–water partition coefficient (Wildman–Crippen LogP) is 7.11. The summed E-state index contributed by atoms with van der Waals surface area (Å²) >= 11 is 24.5. The van der Waals surface area contributed by atoms with E-state index >= 15 is 0 Å². The van der Waals surface area contributed by atoms with Crippen LogP contribution in [0.25, 0.3) is 17.1 Å². The van der Waals surface area contributed by atoms with Crippen molar-refractivity contribution < 1.29 is 4.79 Å². The molecule has 1 N–H and O–H groups in total. The Kier molecular flexibility index (Phi) is 6.21. The zero-order chi connectivity index (χ0) is 22.1. The summed E-state index contributed by atoms with van der Waals surface area (Å²) in [4.78, 5) is 17.4. The van der Waals surface area contributed by atoms with Crippen molar-refractivity contribution >= 4 is 58.0 Å². The molecule has 0 fully saturated rings. The summed E-state index contributed by atoms with van der Waals surface area (Å²) in [6.07, 6.45) is 0. The van der Waals surface area contributed by atoms with Gasteiger partial charge in [-0.15, -0.1) is 5.10 Å². The molecule has 4 aromatic rings. The van der Waals surface area contributed by atoms with Crippen molar-refractivity contribution in [2.75, 3.05) is 5.32 Å². The lowest BCUT2D eigenvalue weighted by atomic mass is 10.2. The van der Waals surface area contributed by atoms with Crippen LogP contribution in [0.3, 0.4) is 0 Å². The normalized spacial score (nSPS) is 10.9. The summed E-state index contributed by atoms with van der Waals surface area (Å²) in [5.41, 5.74) is 2.71. The molecule has 156 valence electrons. The lowest BCUT2D eigenvalue weighted by Crippen LogP contribution is -2.15. The van der Waals surface area contributed by atoms with Crippen LogP contribution in [0.4, 0.5) is 5.69 Å². The third-order valence-electron chi connectivity index (χ3n) is 4.49. The van der Waals surface area contributed by atoms with Crippen molar-refractivity contribution in [2.24, 2.45) is 0 Å². The Hall–Kier alpha value is -2.57. The van der Waals surface area contributed by atoms with E-state index in [1.54, 1.807) is 48.5 Å². The summed E-state index contributed by atoms with van der Waals surface area (Å²) in [7, 11) is 0. The summed E-state index contributed by atoms with van der Waals surface area (Å²) in [5.74, 6) is -0.0817. The number of aromatic nitrogens is 3. The number of benzene rings is 3. The number of carbonyl (C=O) groups excluding carboxylic acids is 1. The first kappa shape index (κ1) is 21.7. The highest BCUT2D eigenvalue weighted by molar-refractivity contribution is 6.42. The van der Waals surface area contributed by atoms with E-state index in [2.05, 4.69) is 15.4 Å². The zero-order valence-corrected chi connectivity index (χ0v) is 19.1. The Morgan fingerprint density at radius 1 is 0.903 bits per heavy atom. The SMILES string of the molecule is Cc1ccc(Cl)cc1NC(=O)c1nc(-c2cccc(Cl)c2)n(-c2ccc(Cl)c(Cl)c2)n1. The van der Waals surface area contributed by atoms with Gasteiger partial charge in [0.25, 0.3) is 5.91 Å². The van der Waals surface area contributed by atoms with Crippen molar-refractivity contribution in [1.82, 2.24) is 14.8 Å². The molecular formula is C22H14Cl4N4O. The molecule has 0 unspecified atom stereocenters. The van der Waals surface area contributed by atoms with Gasteiger partial charge in [-0.3, -0.25) is 4.79 Å². The van der Waals surface area contributed by atoms with Gasteiger partial charge in [0.2, 0.25) is 5.82 Å². The van der Waals surface area contributed by atoms with Gasteiger partial charge in [-0.2, -0.15) is 0 Å². The standard InChI is InChI=1S/C22H14Cl4N4O/c1-12-5-6-15(24)10-19(12)27-22(31)20-28-21(13-3-2-4-14(23)9-13)30(29-20)16-7-8-17(25)18(26)11-16/h2-11H,1H3,(H,27,31). The predicted molar refractivity (Wildman–Crippen MR) is 126 cm³/mol. The lowest BCUT2D eigenvalue weighted by molar-refractivity contribution is 0.101. The van der Waals surface area contributed by atoms with Gasteiger partial charge in [0, 0.05) is 21.3 Å². The highest BCUT2D eigenvalue weighted by atomic mass is 35.5. The van der Waals surface area contributed by atoms with Gasteiger partial charge in [0.05, 0.1) is 15.7 Å². The summed E-state index contributed by atoms with van der Waals surface area (Å²) < 4.78 is 1.52. The second-order valence-electron chi connectivity index (χ2n) is 6.69. The van der Waals surface area contributed by atoms with E-state index in [9.17, 15) is 4.79 Å². The number of anilines is 1. The molecule has 0 atom stereocenters. The molecule has 3 aromatic carbocycles. The van der Waals surface area contributed by atoms with Gasteiger partial charge in [-0.1, -0.05) is 64.6 Å². The van der Waals surface area contributed by atoms with Crippen LogP contribution in [-0.2, 0) is 0 Å². The molecule has 0 saturated carbocycles. The maximum atomic E-state index is 12.9. The number of hydrogen-bond acceptors (Lipinski definition) is 3. The smallest absolute Gasteiger partial charge is 0.295 e. The number of carbonyl (C=O) groups is 1. The highest BCUT2D eigenvalue weighted by Crippen LogP contribution is 2.28. The van der Waals surface area contributed by atoms with Gasteiger partial charge in [0.15, 0.2) is 5.82 Å². The van der Waals surface area contributed by atoms with Gasteiger partial charge in [-0.25, -0.2) is 9.67 Å². The maximum absolute atomic E-state index is 12.9. The number of nitrogens with zero attached hydrogens (tertiary/aromatic N) is 3. The second-order valence-corrected chi connectivity index (χ2v) is 8.38. The average Bonchev–Trinajstić information content (AvgIpc) is 3.18. The Morgan fingerprint density at radius 3 is 2.42 bits per heavy atom. The number of hydrogen-bond donors (Lipinski definition) is 1. The fraction of sp³-hybridized carbons (Fsp3) is 0.0455. The number of nitrogens with one attached hydrogen (secondary N) is 1. The van der Waals surface area contributed by atoms with Crippen LogP contribution in [0, 0.1) is 6.92 Å². The van der Waals surface area contributed by atoms with Crippen LogP contribution in [0.1, 0.15) is 16.2 Å². The summed E-state index contributed by atoms with van der Waals surface area (Å²) in [6.45, 7) is 1.87. The molecule has 1 amide bonds. The minimum Gasteiger partial charge on any atom is -0.319 e. The maximum Gasteiger partial charge on any atom is 0.295 e. The average molecular weight is 492 g/mol. The van der Waals surface area contributed by atoms with Crippen LogP contribution in [0.15, 0.2) is 60.7 Å². The van der Waals surface area contributed by atoms with E-state index in [1.165, 1.54) is 4.68 Å². The summed E-state index contributed by atoms with van der Waals surface area (Å²) in [5, 5.41) is 9.03. The minimum atomic E-state index is -0.479. The number of amides is 1. The fourth-order valence-electron chi connectivity index (χ4n) is 2.93. The van der Waals surface area contributed by atoms with E-state index in [0.29, 0.717) is 42.9 Å². The summed E-state index contributed by atoms with van der Waals surface area (Å²) in [6, 6.07) is 17.4. The molecular weight excluding hydrogens is 478 g/mol. The van der Waals surface area contributed by atoms with Gasteiger partial charge in [-0.05, 0) is 55.0 Å². The molecule has 0 aliphatic carbocycles. The lowest BCUT2D eigenvalue weighted by Gasteiger charge is -2.07. The highest BCUT2D eigenvalue weighted by Gasteiger charge is 2.20. The molecule has 0 aliphatic heterocycles. The van der Waals surface area contributed by atoms with Gasteiger partial charge >= 0.3 is 0 Å². The van der Waals surface area contributed by atoms with Crippen molar-refractivity contribution in [3.8, 4) is 17.1 Å². The van der Waals surface area contributed by atoms with Crippen molar-refractivity contribution in [3.63, 3.8) is 0 Å². The monoisotopic (exact) mass is 490 g/mol. The largest absolute Gasteiger partial charge is 0.319 e. The van der Waals surface area contributed by atoms with Crippen LogP contribution in [0.2, 0.25) is 20.1 Å². The number of halogens is 4. The van der Waals surface area contributed by atoms with E-state index in [-0.39, 0.29) is 5.82 Å². The Morgan fingerprint density at radius 2 is 1.68 bits per heavy atom. The quantitative estimate of drug-likeness (QED) is 0.331. The van der Waals surface area contributed by atoms with Crippen LogP contribution in [0.5, 0.6) is 0 Å². The third kappa shape index (κ3) is 4.70. The van der Waals surface area contributed by atoms with Gasteiger partial charge in [0.1, 0.15) is 0 Å². The van der Waals surface area contributed by atoms with Crippen molar-refractivity contribution in [2.45, 2.75) is 6.92 Å². The molecule has 1 aromatic heterocycles. The van der Waals surface area contributed by atoms with E-state index in [4.69, 9.17) is 46.4 Å². The van der Waals surface area contributed by atoms with Crippen molar-refractivity contribution in [1.29, 1.82) is 0 Å². The zero-order valence-electron chi connectivity index (χ0n) is 16.0. The topological polar surface area (TPSA) is 59.8 Å². The molecule has 0 radical (unpaired) electrons. The molecule has 0 spiro atoms. The molecule has 5 nitrogen and oxygen atoms in total. The molecule has 0 bridgehead atoms. The number of rotatable bonds is 4. The fourth-order valence-corrected chi connectivity index (χ4v) is 3.58. The first-order valence-electron chi connectivity index (χ1n) is 9.08. The minimum absolute atomic E-state index is 0.0274. The van der Waals surface area contributed by atoms with E-state index in [0.717, 1.165) is 5.56 Å². The van der Waals surface area contributed by atoms with Crippen molar-refractivity contribution in [3.05, 3.63) is 92.1 Å². The first-order valence-corrected chi connectivity index (χ1v) is 10.6. The van der Waals surface area contributed by atoms with Crippen LogP contribution in [-0.4, -0.2) is 20.7 Å². The molecule has 0 aliphatic rings. The Labute approximate surface area is 198 Å². The van der Waals surface area contributed by atoms with Gasteiger partial charge < -0.3 is 5.32 Å². The third-order valence-corrected chi connectivity index (χ3v) is 5.70. The first-order chi connectivity index (χ1) is 14.8. The van der Waals surface area contributed by atoms with Crippen LogP contribution >= 0.6 is 46.4 Å². The molecule has 9 heteroatoms.